The van der Waals surface area contributed by atoms with E-state index < -0.39 is 0 Å². The van der Waals surface area contributed by atoms with E-state index in [1.165, 1.54) is 0 Å². The average molecular weight is 367 g/mol. The quantitative estimate of drug-likeness (QED) is 0.328. The largest absolute Gasteiger partial charge is 2.00 e. The second-order valence-electron chi connectivity index (χ2n) is 4.07. The summed E-state index contributed by atoms with van der Waals surface area (Å²) in [6, 6.07) is 14.6. The van der Waals surface area contributed by atoms with Gasteiger partial charge in [0, 0.05) is 24.6 Å². The molecule has 0 aliphatic heterocycles. The van der Waals surface area contributed by atoms with Crippen molar-refractivity contribution in [3.05, 3.63) is 59.7 Å². The van der Waals surface area contributed by atoms with E-state index in [1.807, 2.05) is 24.3 Å². The van der Waals surface area contributed by atoms with Crippen LogP contribution in [0.2, 0.25) is 0 Å². The van der Waals surface area contributed by atoms with Crippen LogP contribution in [-0.4, -0.2) is 23.3 Å². The summed E-state index contributed by atoms with van der Waals surface area (Å²) >= 11 is 10.8. The number of rotatable bonds is 6. The maximum absolute atomic E-state index is 11.0. The van der Waals surface area contributed by atoms with Gasteiger partial charge in [-0.25, -0.2) is 24.3 Å². The van der Waals surface area contributed by atoms with Crippen molar-refractivity contribution >= 4 is 34.8 Å². The van der Waals surface area contributed by atoms with Crippen LogP contribution in [-0.2, 0) is 17.1 Å². The van der Waals surface area contributed by atoms with E-state index in [9.17, 15) is 9.59 Å². The first kappa shape index (κ1) is 20.1. The van der Waals surface area contributed by atoms with Crippen LogP contribution in [0.15, 0.2) is 48.5 Å². The van der Waals surface area contributed by atoms with Crippen molar-refractivity contribution in [1.82, 2.24) is 0 Å². The summed E-state index contributed by atoms with van der Waals surface area (Å²) in [6.07, 6.45) is 0.872. The molecule has 0 heterocycles. The first-order chi connectivity index (χ1) is 9.69. The number of Topliss-reactive ketones (excluding diaryl/α,β-unsaturated/α-hetero) is 2. The fourth-order valence-electron chi connectivity index (χ4n) is 1.58. The van der Waals surface area contributed by atoms with Crippen LogP contribution in [0.1, 0.15) is 33.6 Å². The molecule has 21 heavy (non-hydrogen) atoms. The molecule has 0 saturated heterocycles. The molecule has 5 heteroatoms. The van der Waals surface area contributed by atoms with Crippen LogP contribution in [0.25, 0.3) is 0 Å². The summed E-state index contributed by atoms with van der Waals surface area (Å²) in [4.78, 5) is 22.0. The first-order valence-electron chi connectivity index (χ1n) is 6.30. The molecular weight excluding hydrogens is 351 g/mol. The van der Waals surface area contributed by atoms with E-state index in [-0.39, 0.29) is 28.6 Å². The Labute approximate surface area is 145 Å². The van der Waals surface area contributed by atoms with Gasteiger partial charge in [-0.05, 0) is 0 Å². The van der Waals surface area contributed by atoms with Crippen LogP contribution in [0.4, 0.5) is 0 Å². The molecule has 0 N–H and O–H groups in total. The summed E-state index contributed by atoms with van der Waals surface area (Å²) in [5, 5.41) is 0. The summed E-state index contributed by atoms with van der Waals surface area (Å²) in [5.74, 6) is 1.06. The van der Waals surface area contributed by atoms with Crippen molar-refractivity contribution in [2.75, 3.05) is 11.8 Å². The van der Waals surface area contributed by atoms with Gasteiger partial charge in [-0.15, -0.1) is 23.2 Å². The van der Waals surface area contributed by atoms with Crippen molar-refractivity contribution in [2.24, 2.45) is 0 Å². The van der Waals surface area contributed by atoms with Crippen molar-refractivity contribution in [3.63, 3.8) is 0 Å². The molecular formula is C16H16Cl2FeO2. The summed E-state index contributed by atoms with van der Waals surface area (Å²) in [5.41, 5.74) is 1.53. The second kappa shape index (κ2) is 11.8. The van der Waals surface area contributed by atoms with E-state index in [4.69, 9.17) is 23.2 Å². The molecule has 0 aliphatic rings. The van der Waals surface area contributed by atoms with Gasteiger partial charge in [-0.1, -0.05) is 11.1 Å². The first-order valence-corrected chi connectivity index (χ1v) is 7.37. The summed E-state index contributed by atoms with van der Waals surface area (Å²) in [7, 11) is 0. The van der Waals surface area contributed by atoms with Gasteiger partial charge < -0.3 is 9.59 Å². The van der Waals surface area contributed by atoms with Crippen LogP contribution < -0.4 is 0 Å². The standard InChI is InChI=1S/2C8H8ClO.Fe/c2*9-6-5-8(10)7-3-1-2-4-7;/h2*1-4H,5-6H2;/q2*-1;+2. The average Bonchev–Trinajstić information content (AvgIpc) is 3.14. The smallest absolute Gasteiger partial charge is 0.309 e. The molecule has 0 fully saturated rings. The van der Waals surface area contributed by atoms with Gasteiger partial charge >= 0.3 is 17.1 Å². The molecule has 0 saturated carbocycles. The Morgan fingerprint density at radius 1 is 0.714 bits per heavy atom. The number of ketones is 2. The summed E-state index contributed by atoms with van der Waals surface area (Å²) in [6.45, 7) is 0. The number of alkyl halides is 2. The Balaban J connectivity index is 0.000000364. The third kappa shape index (κ3) is 7.63. The van der Waals surface area contributed by atoms with Gasteiger partial charge in [0.1, 0.15) is 11.6 Å². The molecule has 0 amide bonds. The van der Waals surface area contributed by atoms with E-state index in [0.29, 0.717) is 24.6 Å². The Kier molecular flexibility index (Phi) is 11.3. The molecule has 0 atom stereocenters. The third-order valence-electron chi connectivity index (χ3n) is 2.61. The molecule has 2 nitrogen and oxygen atoms in total. The number of hydrogen-bond acceptors (Lipinski definition) is 2. The van der Waals surface area contributed by atoms with Crippen molar-refractivity contribution in [3.8, 4) is 0 Å². The van der Waals surface area contributed by atoms with E-state index in [1.54, 1.807) is 24.3 Å². The topological polar surface area (TPSA) is 34.1 Å². The van der Waals surface area contributed by atoms with E-state index in [0.717, 1.165) is 11.1 Å². The van der Waals surface area contributed by atoms with Gasteiger partial charge in [-0.3, -0.25) is 0 Å². The Morgan fingerprint density at radius 3 is 1.24 bits per heavy atom. The normalized spacial score (nSPS) is 9.24. The minimum Gasteiger partial charge on any atom is -0.309 e. The van der Waals surface area contributed by atoms with E-state index >= 15 is 0 Å². The SMILES string of the molecule is O=C(CCCl)[c-]1cccc1.O=C(CCCl)[c-]1cccc1.[Fe+2]. The van der Waals surface area contributed by atoms with Gasteiger partial charge in [0.25, 0.3) is 0 Å². The van der Waals surface area contributed by atoms with Crippen LogP contribution >= 0.6 is 23.2 Å². The van der Waals surface area contributed by atoms with Gasteiger partial charge in [0.2, 0.25) is 0 Å². The molecule has 0 spiro atoms. The van der Waals surface area contributed by atoms with Gasteiger partial charge in [-0.2, -0.15) is 24.3 Å². The molecule has 2 aromatic carbocycles. The third-order valence-corrected chi connectivity index (χ3v) is 2.99. The van der Waals surface area contributed by atoms with E-state index in [2.05, 4.69) is 0 Å². The summed E-state index contributed by atoms with van der Waals surface area (Å²) < 4.78 is 0. The minimum absolute atomic E-state index is 0. The monoisotopic (exact) mass is 366 g/mol. The van der Waals surface area contributed by atoms with Crippen LogP contribution in [0, 0.1) is 0 Å². The van der Waals surface area contributed by atoms with Crippen LogP contribution in [0.5, 0.6) is 0 Å². The molecule has 0 aromatic heterocycles. The number of carbonyl (C=O) groups is 2. The second-order valence-corrected chi connectivity index (χ2v) is 4.83. The van der Waals surface area contributed by atoms with Crippen molar-refractivity contribution in [1.29, 1.82) is 0 Å². The Bertz CT molecular complexity index is 456. The predicted molar refractivity (Wildman–Crippen MR) is 83.4 cm³/mol. The maximum atomic E-state index is 11.0. The van der Waals surface area contributed by atoms with Crippen molar-refractivity contribution in [2.45, 2.75) is 12.8 Å². The number of halogens is 2. The molecule has 0 unspecified atom stereocenters. The molecule has 2 rings (SSSR count). The molecule has 0 bridgehead atoms. The predicted octanol–water partition coefficient (Wildman–Crippen LogP) is 4.43. The van der Waals surface area contributed by atoms with Gasteiger partial charge in [0.15, 0.2) is 0 Å². The number of hydrogen-bond donors (Lipinski definition) is 0. The Morgan fingerprint density at radius 2 is 1.00 bits per heavy atom. The zero-order valence-corrected chi connectivity index (χ0v) is 14.0. The fraction of sp³-hybridized carbons (Fsp3) is 0.250. The van der Waals surface area contributed by atoms with Gasteiger partial charge in [0.05, 0.1) is 0 Å². The number of carbonyl (C=O) groups excluding carboxylic acids is 2. The minimum atomic E-state index is 0. The maximum Gasteiger partial charge on any atom is 2.00 e. The zero-order chi connectivity index (χ0) is 14.8. The fourth-order valence-corrected chi connectivity index (χ4v) is 1.92. The Hall–Kier alpha value is -0.861. The molecule has 0 radical (unpaired) electrons. The van der Waals surface area contributed by atoms with Crippen molar-refractivity contribution < 1.29 is 26.7 Å². The molecule has 2 aromatic rings. The molecule has 0 aliphatic carbocycles. The molecule has 114 valence electrons. The zero-order valence-electron chi connectivity index (χ0n) is 11.4. The van der Waals surface area contributed by atoms with Crippen LogP contribution in [0.3, 0.4) is 0 Å².